The SMILES string of the molecule is CCC(NC(Cc1cccs1)c1cccs1)C(C)C. The minimum absolute atomic E-state index is 0.450. The van der Waals surface area contributed by atoms with E-state index in [2.05, 4.69) is 61.1 Å². The topological polar surface area (TPSA) is 12.0 Å². The van der Waals surface area contributed by atoms with Gasteiger partial charge >= 0.3 is 0 Å². The van der Waals surface area contributed by atoms with E-state index in [-0.39, 0.29) is 0 Å². The van der Waals surface area contributed by atoms with Crippen LogP contribution in [-0.4, -0.2) is 6.04 Å². The minimum atomic E-state index is 0.450. The summed E-state index contributed by atoms with van der Waals surface area (Å²) in [4.78, 5) is 2.91. The molecule has 2 atom stereocenters. The van der Waals surface area contributed by atoms with Crippen LogP contribution in [0.15, 0.2) is 35.0 Å². The van der Waals surface area contributed by atoms with Gasteiger partial charge in [0.1, 0.15) is 0 Å². The number of hydrogen-bond acceptors (Lipinski definition) is 3. The fourth-order valence-electron chi connectivity index (χ4n) is 2.40. The average Bonchev–Trinajstić information content (AvgIpc) is 3.06. The first kappa shape index (κ1) is 14.8. The third-order valence-corrected chi connectivity index (χ3v) is 5.42. The van der Waals surface area contributed by atoms with Crippen LogP contribution in [0.5, 0.6) is 0 Å². The van der Waals surface area contributed by atoms with Crippen molar-refractivity contribution in [1.29, 1.82) is 0 Å². The van der Waals surface area contributed by atoms with Crippen molar-refractivity contribution in [3.05, 3.63) is 44.8 Å². The molecular weight excluding hydrogens is 270 g/mol. The van der Waals surface area contributed by atoms with Gasteiger partial charge in [-0.25, -0.2) is 0 Å². The zero-order chi connectivity index (χ0) is 13.7. The molecule has 104 valence electrons. The highest BCUT2D eigenvalue weighted by molar-refractivity contribution is 7.10. The highest BCUT2D eigenvalue weighted by Gasteiger charge is 2.19. The smallest absolute Gasteiger partial charge is 0.0465 e. The molecule has 2 aromatic heterocycles. The van der Waals surface area contributed by atoms with Crippen LogP contribution in [-0.2, 0) is 6.42 Å². The van der Waals surface area contributed by atoms with Crippen molar-refractivity contribution < 1.29 is 0 Å². The van der Waals surface area contributed by atoms with Crippen LogP contribution in [0, 0.1) is 5.92 Å². The Labute approximate surface area is 124 Å². The van der Waals surface area contributed by atoms with E-state index in [1.54, 1.807) is 0 Å². The molecule has 0 saturated carbocycles. The molecule has 0 spiro atoms. The largest absolute Gasteiger partial charge is 0.306 e. The van der Waals surface area contributed by atoms with Crippen molar-refractivity contribution in [3.63, 3.8) is 0 Å². The standard InChI is InChI=1S/C16H23NS2/c1-4-14(12(2)3)17-15(16-8-6-10-19-16)11-13-7-5-9-18-13/h5-10,12,14-15,17H,4,11H2,1-3H3. The Morgan fingerprint density at radius 1 is 1.11 bits per heavy atom. The van der Waals surface area contributed by atoms with Gasteiger partial charge < -0.3 is 5.32 Å². The van der Waals surface area contributed by atoms with Gasteiger partial charge in [-0.3, -0.25) is 0 Å². The highest BCUT2D eigenvalue weighted by atomic mass is 32.1. The van der Waals surface area contributed by atoms with Gasteiger partial charge in [0, 0.05) is 28.3 Å². The van der Waals surface area contributed by atoms with Crippen LogP contribution in [0.4, 0.5) is 0 Å². The second-order valence-corrected chi connectivity index (χ2v) is 7.29. The summed E-state index contributed by atoms with van der Waals surface area (Å²) in [6, 6.07) is 9.83. The molecule has 19 heavy (non-hydrogen) atoms. The van der Waals surface area contributed by atoms with E-state index in [1.807, 2.05) is 22.7 Å². The molecule has 0 aliphatic heterocycles. The Hall–Kier alpha value is -0.640. The monoisotopic (exact) mass is 293 g/mol. The van der Waals surface area contributed by atoms with E-state index < -0.39 is 0 Å². The van der Waals surface area contributed by atoms with Gasteiger partial charge in [-0.2, -0.15) is 0 Å². The molecule has 0 fully saturated rings. The molecule has 0 aromatic carbocycles. The number of thiophene rings is 2. The van der Waals surface area contributed by atoms with Gasteiger partial charge in [0.05, 0.1) is 0 Å². The Kier molecular flexibility index (Phi) is 5.61. The molecule has 2 heterocycles. The maximum Gasteiger partial charge on any atom is 0.0465 e. The van der Waals surface area contributed by atoms with Crippen molar-refractivity contribution in [3.8, 4) is 0 Å². The van der Waals surface area contributed by atoms with Crippen LogP contribution in [0.2, 0.25) is 0 Å². The molecule has 0 saturated heterocycles. The van der Waals surface area contributed by atoms with E-state index in [0.717, 1.165) is 6.42 Å². The molecule has 1 nitrogen and oxygen atoms in total. The van der Waals surface area contributed by atoms with E-state index >= 15 is 0 Å². The quantitative estimate of drug-likeness (QED) is 0.747. The lowest BCUT2D eigenvalue weighted by Crippen LogP contribution is -2.36. The van der Waals surface area contributed by atoms with Crippen LogP contribution in [0.25, 0.3) is 0 Å². The third kappa shape index (κ3) is 4.16. The average molecular weight is 294 g/mol. The van der Waals surface area contributed by atoms with Crippen LogP contribution >= 0.6 is 22.7 Å². The summed E-state index contributed by atoms with van der Waals surface area (Å²) in [6.07, 6.45) is 2.28. The van der Waals surface area contributed by atoms with Crippen molar-refractivity contribution in [2.24, 2.45) is 5.92 Å². The van der Waals surface area contributed by atoms with E-state index in [4.69, 9.17) is 0 Å². The highest BCUT2D eigenvalue weighted by Crippen LogP contribution is 2.26. The predicted octanol–water partition coefficient (Wildman–Crippen LogP) is 5.12. The van der Waals surface area contributed by atoms with E-state index in [9.17, 15) is 0 Å². The Morgan fingerprint density at radius 3 is 2.37 bits per heavy atom. The zero-order valence-electron chi connectivity index (χ0n) is 11.9. The molecule has 2 unspecified atom stereocenters. The van der Waals surface area contributed by atoms with Crippen LogP contribution < -0.4 is 5.32 Å². The Morgan fingerprint density at radius 2 is 1.84 bits per heavy atom. The molecule has 1 N–H and O–H groups in total. The lowest BCUT2D eigenvalue weighted by atomic mass is 9.99. The number of nitrogens with one attached hydrogen (secondary N) is 1. The minimum Gasteiger partial charge on any atom is -0.306 e. The maximum absolute atomic E-state index is 3.86. The van der Waals surface area contributed by atoms with Gasteiger partial charge in [0.2, 0.25) is 0 Å². The van der Waals surface area contributed by atoms with Gasteiger partial charge in [0.15, 0.2) is 0 Å². The summed E-state index contributed by atoms with van der Waals surface area (Å²) >= 11 is 3.72. The normalized spacial score (nSPS) is 14.7. The number of hydrogen-bond donors (Lipinski definition) is 1. The van der Waals surface area contributed by atoms with Gasteiger partial charge in [0.25, 0.3) is 0 Å². The molecule has 0 aliphatic rings. The number of rotatable bonds is 7. The summed E-state index contributed by atoms with van der Waals surface area (Å²) in [5, 5.41) is 8.20. The molecule has 0 aliphatic carbocycles. The van der Waals surface area contributed by atoms with Crippen molar-refractivity contribution in [2.75, 3.05) is 0 Å². The Bertz CT molecular complexity index is 445. The summed E-state index contributed by atoms with van der Waals surface area (Å²) in [5.74, 6) is 0.677. The molecular formula is C16H23NS2. The molecule has 3 heteroatoms. The first-order valence-electron chi connectivity index (χ1n) is 7.02. The Balaban J connectivity index is 2.10. The first-order valence-corrected chi connectivity index (χ1v) is 8.78. The van der Waals surface area contributed by atoms with Crippen LogP contribution in [0.1, 0.15) is 43.0 Å². The van der Waals surface area contributed by atoms with Gasteiger partial charge in [-0.05, 0) is 35.2 Å². The first-order chi connectivity index (χ1) is 9.20. The molecule has 0 amide bonds. The summed E-state index contributed by atoms with van der Waals surface area (Å²) in [7, 11) is 0. The van der Waals surface area contributed by atoms with E-state index in [0.29, 0.717) is 18.0 Å². The van der Waals surface area contributed by atoms with Gasteiger partial charge in [-0.1, -0.05) is 32.9 Å². The van der Waals surface area contributed by atoms with Crippen molar-refractivity contribution in [2.45, 2.75) is 45.7 Å². The maximum atomic E-state index is 3.86. The predicted molar refractivity (Wildman–Crippen MR) is 87.1 cm³/mol. The van der Waals surface area contributed by atoms with Crippen LogP contribution in [0.3, 0.4) is 0 Å². The lowest BCUT2D eigenvalue weighted by molar-refractivity contribution is 0.347. The summed E-state index contributed by atoms with van der Waals surface area (Å²) in [5.41, 5.74) is 0. The van der Waals surface area contributed by atoms with E-state index in [1.165, 1.54) is 16.2 Å². The third-order valence-electron chi connectivity index (χ3n) is 3.53. The summed E-state index contributed by atoms with van der Waals surface area (Å²) < 4.78 is 0. The second-order valence-electron chi connectivity index (χ2n) is 5.28. The fraction of sp³-hybridized carbons (Fsp3) is 0.500. The fourth-order valence-corrected chi connectivity index (χ4v) is 3.94. The molecule has 2 aromatic rings. The molecule has 2 rings (SSSR count). The van der Waals surface area contributed by atoms with Crippen molar-refractivity contribution >= 4 is 22.7 Å². The molecule has 0 bridgehead atoms. The lowest BCUT2D eigenvalue weighted by Gasteiger charge is -2.27. The van der Waals surface area contributed by atoms with Gasteiger partial charge in [-0.15, -0.1) is 22.7 Å². The zero-order valence-corrected chi connectivity index (χ0v) is 13.6. The molecule has 0 radical (unpaired) electrons. The second kappa shape index (κ2) is 7.22. The summed E-state index contributed by atoms with van der Waals surface area (Å²) in [6.45, 7) is 6.88. The van der Waals surface area contributed by atoms with Crippen molar-refractivity contribution in [1.82, 2.24) is 5.32 Å².